The summed E-state index contributed by atoms with van der Waals surface area (Å²) in [5, 5.41) is 3.33. The number of likely N-dealkylation sites (tertiary alicyclic amines) is 1. The van der Waals surface area contributed by atoms with E-state index in [1.807, 2.05) is 0 Å². The van der Waals surface area contributed by atoms with Gasteiger partial charge in [-0.2, -0.15) is 13.2 Å². The van der Waals surface area contributed by atoms with Crippen LogP contribution in [0.1, 0.15) is 0 Å². The SMILES string of the molecule is Cl.FC(F)(F)COCCN1C[C@H]2CNC[C@H]2C1. The third-order valence-corrected chi connectivity index (χ3v) is 3.28. The van der Waals surface area contributed by atoms with Gasteiger partial charge < -0.3 is 15.0 Å². The fourth-order valence-corrected chi connectivity index (χ4v) is 2.52. The van der Waals surface area contributed by atoms with Gasteiger partial charge >= 0.3 is 6.18 Å². The zero-order valence-electron chi connectivity index (χ0n) is 9.50. The van der Waals surface area contributed by atoms with Crippen molar-refractivity contribution in [2.24, 2.45) is 11.8 Å². The summed E-state index contributed by atoms with van der Waals surface area (Å²) in [5.41, 5.74) is 0. The van der Waals surface area contributed by atoms with Gasteiger partial charge in [0.1, 0.15) is 6.61 Å². The highest BCUT2D eigenvalue weighted by molar-refractivity contribution is 5.85. The molecule has 3 nitrogen and oxygen atoms in total. The molecule has 0 aliphatic carbocycles. The molecule has 0 aromatic heterocycles. The lowest BCUT2D eigenvalue weighted by atomic mass is 10.0. The molecule has 2 atom stereocenters. The minimum Gasteiger partial charge on any atom is -0.371 e. The Balaban J connectivity index is 0.00000144. The van der Waals surface area contributed by atoms with Crippen molar-refractivity contribution in [3.05, 3.63) is 0 Å². The summed E-state index contributed by atoms with van der Waals surface area (Å²) in [6, 6.07) is 0. The van der Waals surface area contributed by atoms with E-state index in [1.165, 1.54) is 0 Å². The molecule has 17 heavy (non-hydrogen) atoms. The van der Waals surface area contributed by atoms with Crippen LogP contribution in [0.2, 0.25) is 0 Å². The molecule has 0 unspecified atom stereocenters. The minimum atomic E-state index is -4.20. The average Bonchev–Trinajstić information content (AvgIpc) is 2.70. The molecule has 0 amide bonds. The molecule has 2 rings (SSSR count). The van der Waals surface area contributed by atoms with Gasteiger partial charge in [-0.05, 0) is 24.9 Å². The van der Waals surface area contributed by atoms with Gasteiger partial charge in [0.2, 0.25) is 0 Å². The van der Waals surface area contributed by atoms with E-state index >= 15 is 0 Å². The number of nitrogens with zero attached hydrogens (tertiary/aromatic N) is 1. The largest absolute Gasteiger partial charge is 0.411 e. The van der Waals surface area contributed by atoms with Crippen molar-refractivity contribution in [3.8, 4) is 0 Å². The molecule has 1 N–H and O–H groups in total. The van der Waals surface area contributed by atoms with Crippen molar-refractivity contribution in [1.82, 2.24) is 10.2 Å². The Morgan fingerprint density at radius 1 is 1.18 bits per heavy atom. The standard InChI is InChI=1S/C10H17F3N2O.ClH/c11-10(12,13)7-16-2-1-15-5-8-3-14-4-9(8)6-15;/h8-9,14H,1-7H2;1H/t8-,9+;. The summed E-state index contributed by atoms with van der Waals surface area (Å²) in [6.45, 7) is 3.74. The fraction of sp³-hybridized carbons (Fsp3) is 1.00. The molecule has 0 saturated carbocycles. The van der Waals surface area contributed by atoms with Crippen molar-refractivity contribution in [3.63, 3.8) is 0 Å². The lowest BCUT2D eigenvalue weighted by Gasteiger charge is -2.17. The van der Waals surface area contributed by atoms with E-state index in [9.17, 15) is 13.2 Å². The maximum Gasteiger partial charge on any atom is 0.411 e. The summed E-state index contributed by atoms with van der Waals surface area (Å²) in [4.78, 5) is 2.20. The molecule has 0 aromatic carbocycles. The number of nitrogens with one attached hydrogen (secondary N) is 1. The van der Waals surface area contributed by atoms with Gasteiger partial charge in [0.15, 0.2) is 0 Å². The fourth-order valence-electron chi connectivity index (χ4n) is 2.52. The predicted octanol–water partition coefficient (Wildman–Crippen LogP) is 1.14. The minimum absolute atomic E-state index is 0. The van der Waals surface area contributed by atoms with Gasteiger partial charge in [0, 0.05) is 19.6 Å². The molecule has 7 heteroatoms. The highest BCUT2D eigenvalue weighted by Gasteiger charge is 2.35. The summed E-state index contributed by atoms with van der Waals surface area (Å²) >= 11 is 0. The zero-order valence-corrected chi connectivity index (χ0v) is 10.3. The summed E-state index contributed by atoms with van der Waals surface area (Å²) in [5.74, 6) is 1.37. The zero-order chi connectivity index (χ0) is 11.6. The Bertz CT molecular complexity index is 228. The topological polar surface area (TPSA) is 24.5 Å². The Hall–Kier alpha value is -0.0400. The van der Waals surface area contributed by atoms with E-state index in [0.717, 1.165) is 26.2 Å². The van der Waals surface area contributed by atoms with Crippen LogP contribution in [0.25, 0.3) is 0 Å². The summed E-state index contributed by atoms with van der Waals surface area (Å²) in [6.07, 6.45) is -4.20. The van der Waals surface area contributed by atoms with Crippen LogP contribution in [-0.2, 0) is 4.74 Å². The molecule has 2 aliphatic heterocycles. The van der Waals surface area contributed by atoms with E-state index in [4.69, 9.17) is 0 Å². The predicted molar refractivity (Wildman–Crippen MR) is 60.4 cm³/mol. The van der Waals surface area contributed by atoms with Gasteiger partial charge in [0.05, 0.1) is 6.61 Å². The third-order valence-electron chi connectivity index (χ3n) is 3.28. The van der Waals surface area contributed by atoms with Crippen LogP contribution in [0.5, 0.6) is 0 Å². The first-order chi connectivity index (χ1) is 7.54. The second-order valence-corrected chi connectivity index (χ2v) is 4.61. The maximum atomic E-state index is 11.8. The number of ether oxygens (including phenoxy) is 1. The monoisotopic (exact) mass is 274 g/mol. The molecular weight excluding hydrogens is 257 g/mol. The van der Waals surface area contributed by atoms with Crippen molar-refractivity contribution in [2.45, 2.75) is 6.18 Å². The third kappa shape index (κ3) is 4.62. The molecule has 2 heterocycles. The van der Waals surface area contributed by atoms with Gasteiger partial charge in [-0.3, -0.25) is 0 Å². The smallest absolute Gasteiger partial charge is 0.371 e. The Morgan fingerprint density at radius 3 is 2.29 bits per heavy atom. The first kappa shape index (κ1) is 15.0. The second kappa shape index (κ2) is 6.22. The van der Waals surface area contributed by atoms with Crippen molar-refractivity contribution in [2.75, 3.05) is 45.9 Å². The van der Waals surface area contributed by atoms with Crippen LogP contribution in [-0.4, -0.2) is 57.0 Å². The number of fused-ring (bicyclic) bond motifs is 1. The van der Waals surface area contributed by atoms with Gasteiger partial charge in [-0.25, -0.2) is 0 Å². The van der Waals surface area contributed by atoms with Crippen LogP contribution in [0.3, 0.4) is 0 Å². The van der Waals surface area contributed by atoms with Gasteiger partial charge in [-0.1, -0.05) is 0 Å². The quantitative estimate of drug-likeness (QED) is 0.778. The highest BCUT2D eigenvalue weighted by Crippen LogP contribution is 2.25. The maximum absolute atomic E-state index is 11.8. The average molecular weight is 275 g/mol. The van der Waals surface area contributed by atoms with E-state index in [1.54, 1.807) is 0 Å². The molecule has 102 valence electrons. The van der Waals surface area contributed by atoms with Gasteiger partial charge in [-0.15, -0.1) is 12.4 Å². The van der Waals surface area contributed by atoms with E-state index in [2.05, 4.69) is 15.0 Å². The summed E-state index contributed by atoms with van der Waals surface area (Å²) < 4.78 is 40.0. The Kier molecular flexibility index (Phi) is 5.50. The van der Waals surface area contributed by atoms with E-state index in [-0.39, 0.29) is 19.0 Å². The molecule has 0 spiro atoms. The first-order valence-electron chi connectivity index (χ1n) is 5.62. The molecule has 2 saturated heterocycles. The van der Waals surface area contributed by atoms with Crippen molar-refractivity contribution in [1.29, 1.82) is 0 Å². The van der Waals surface area contributed by atoms with E-state index < -0.39 is 12.8 Å². The number of rotatable bonds is 4. The lowest BCUT2D eigenvalue weighted by molar-refractivity contribution is -0.174. The normalized spacial score (nSPS) is 29.1. The number of hydrogen-bond acceptors (Lipinski definition) is 3. The van der Waals surface area contributed by atoms with E-state index in [0.29, 0.717) is 18.4 Å². The number of alkyl halides is 3. The lowest BCUT2D eigenvalue weighted by Crippen LogP contribution is -2.30. The molecule has 2 fully saturated rings. The van der Waals surface area contributed by atoms with Crippen molar-refractivity contribution >= 4 is 12.4 Å². The molecule has 0 aromatic rings. The molecule has 0 radical (unpaired) electrons. The number of halogens is 4. The second-order valence-electron chi connectivity index (χ2n) is 4.61. The molecule has 0 bridgehead atoms. The molecular formula is C10H18ClF3N2O. The Morgan fingerprint density at radius 2 is 1.76 bits per heavy atom. The van der Waals surface area contributed by atoms with Crippen LogP contribution >= 0.6 is 12.4 Å². The van der Waals surface area contributed by atoms with Crippen LogP contribution in [0, 0.1) is 11.8 Å². The summed E-state index contributed by atoms with van der Waals surface area (Å²) in [7, 11) is 0. The van der Waals surface area contributed by atoms with Crippen molar-refractivity contribution < 1.29 is 17.9 Å². The first-order valence-corrected chi connectivity index (χ1v) is 5.62. The van der Waals surface area contributed by atoms with Crippen LogP contribution in [0.4, 0.5) is 13.2 Å². The highest BCUT2D eigenvalue weighted by atomic mass is 35.5. The van der Waals surface area contributed by atoms with Crippen LogP contribution < -0.4 is 5.32 Å². The Labute approximate surface area is 105 Å². The number of hydrogen-bond donors (Lipinski definition) is 1. The van der Waals surface area contributed by atoms with Gasteiger partial charge in [0.25, 0.3) is 0 Å². The molecule has 2 aliphatic rings. The van der Waals surface area contributed by atoms with Crippen LogP contribution in [0.15, 0.2) is 0 Å².